The normalized spacial score (nSPS) is 10.4. The van der Waals surface area contributed by atoms with Crippen LogP contribution in [0.25, 0.3) is 0 Å². The molecule has 0 aliphatic carbocycles. The first-order valence-electron chi connectivity index (χ1n) is 8.82. The van der Waals surface area contributed by atoms with E-state index in [2.05, 4.69) is 15.6 Å². The van der Waals surface area contributed by atoms with Gasteiger partial charge in [0, 0.05) is 43.8 Å². The number of thiazole rings is 1. The van der Waals surface area contributed by atoms with Gasteiger partial charge in [0.05, 0.1) is 6.61 Å². The quantitative estimate of drug-likeness (QED) is 0.590. The van der Waals surface area contributed by atoms with Gasteiger partial charge in [-0.15, -0.1) is 11.3 Å². The van der Waals surface area contributed by atoms with E-state index in [4.69, 9.17) is 4.74 Å². The first-order valence-corrected chi connectivity index (χ1v) is 9.70. The monoisotopic (exact) mass is 404 g/mol. The van der Waals surface area contributed by atoms with Gasteiger partial charge in [0.25, 0.3) is 0 Å². The Balaban J connectivity index is 2.01. The predicted octanol–water partition coefficient (Wildman–Crippen LogP) is 1.97. The first kappa shape index (κ1) is 21.5. The van der Waals surface area contributed by atoms with Crippen LogP contribution in [0.1, 0.15) is 18.4 Å². The van der Waals surface area contributed by atoms with Crippen LogP contribution in [-0.2, 0) is 19.1 Å². The molecule has 28 heavy (non-hydrogen) atoms. The van der Waals surface area contributed by atoms with Crippen molar-refractivity contribution in [1.82, 2.24) is 10.3 Å². The van der Waals surface area contributed by atoms with Crippen LogP contribution in [0.4, 0.5) is 10.8 Å². The highest BCUT2D eigenvalue weighted by atomic mass is 32.1. The van der Waals surface area contributed by atoms with Crippen molar-refractivity contribution in [3.05, 3.63) is 41.4 Å². The minimum Gasteiger partial charge on any atom is -0.383 e. The van der Waals surface area contributed by atoms with Gasteiger partial charge in [-0.25, -0.2) is 4.98 Å². The molecule has 0 bridgehead atoms. The number of nitrogens with one attached hydrogen (secondary N) is 2. The fourth-order valence-electron chi connectivity index (χ4n) is 2.49. The van der Waals surface area contributed by atoms with Gasteiger partial charge >= 0.3 is 0 Å². The molecule has 1 aromatic carbocycles. The molecule has 0 fully saturated rings. The van der Waals surface area contributed by atoms with Crippen molar-refractivity contribution in [2.75, 3.05) is 37.0 Å². The Bertz CT molecular complexity index is 795. The summed E-state index contributed by atoms with van der Waals surface area (Å²) >= 11 is 1.31. The third-order valence-electron chi connectivity index (χ3n) is 3.88. The number of ether oxygens (including phenoxy) is 1. The van der Waals surface area contributed by atoms with Gasteiger partial charge in [0.15, 0.2) is 5.13 Å². The Hall–Kier alpha value is -2.78. The average Bonchev–Trinajstić information content (AvgIpc) is 3.18. The molecule has 0 aliphatic rings. The van der Waals surface area contributed by atoms with Gasteiger partial charge in [0.2, 0.25) is 17.7 Å². The minimum absolute atomic E-state index is 0.00604. The number of aromatic nitrogens is 1. The smallest absolute Gasteiger partial charge is 0.240 e. The molecule has 0 saturated heterocycles. The lowest BCUT2D eigenvalue weighted by atomic mass is 10.1. The van der Waals surface area contributed by atoms with Gasteiger partial charge in [-0.1, -0.05) is 18.2 Å². The van der Waals surface area contributed by atoms with Crippen molar-refractivity contribution in [1.29, 1.82) is 0 Å². The zero-order chi connectivity index (χ0) is 20.4. The maximum absolute atomic E-state index is 12.8. The van der Waals surface area contributed by atoms with Gasteiger partial charge < -0.3 is 20.3 Å². The molecule has 1 aromatic heterocycles. The van der Waals surface area contributed by atoms with Gasteiger partial charge in [-0.3, -0.25) is 14.4 Å². The number of methoxy groups -OCH3 is 1. The van der Waals surface area contributed by atoms with E-state index >= 15 is 0 Å². The lowest BCUT2D eigenvalue weighted by molar-refractivity contribution is -0.125. The van der Waals surface area contributed by atoms with Crippen molar-refractivity contribution < 1.29 is 19.1 Å². The van der Waals surface area contributed by atoms with Crippen molar-refractivity contribution in [2.24, 2.45) is 0 Å². The highest BCUT2D eigenvalue weighted by molar-refractivity contribution is 7.13. The van der Waals surface area contributed by atoms with Crippen LogP contribution >= 0.6 is 11.3 Å². The third kappa shape index (κ3) is 6.75. The molecule has 0 atom stereocenters. The molecule has 2 aromatic rings. The fourth-order valence-corrected chi connectivity index (χ4v) is 3.03. The number of hydrogen-bond acceptors (Lipinski definition) is 6. The van der Waals surface area contributed by atoms with Crippen LogP contribution < -0.4 is 15.5 Å². The highest BCUT2D eigenvalue weighted by Crippen LogP contribution is 2.20. The van der Waals surface area contributed by atoms with E-state index < -0.39 is 0 Å². The van der Waals surface area contributed by atoms with Crippen LogP contribution in [0.15, 0.2) is 35.8 Å². The van der Waals surface area contributed by atoms with Gasteiger partial charge in [-0.2, -0.15) is 0 Å². The van der Waals surface area contributed by atoms with E-state index in [1.807, 2.05) is 19.1 Å². The second-order valence-corrected chi connectivity index (χ2v) is 6.89. The highest BCUT2D eigenvalue weighted by Gasteiger charge is 2.21. The van der Waals surface area contributed by atoms with E-state index in [9.17, 15) is 14.4 Å². The number of benzene rings is 1. The first-order chi connectivity index (χ1) is 13.5. The molecule has 3 amide bonds. The topological polar surface area (TPSA) is 101 Å². The van der Waals surface area contributed by atoms with Crippen molar-refractivity contribution in [3.63, 3.8) is 0 Å². The molecule has 9 heteroatoms. The van der Waals surface area contributed by atoms with Gasteiger partial charge in [0.1, 0.15) is 6.54 Å². The second-order valence-electron chi connectivity index (χ2n) is 5.99. The summed E-state index contributed by atoms with van der Waals surface area (Å²) in [5.74, 6) is -0.885. The van der Waals surface area contributed by atoms with E-state index in [0.717, 1.165) is 5.56 Å². The zero-order valence-electron chi connectivity index (χ0n) is 15.9. The molecule has 2 N–H and O–H groups in total. The molecule has 1 heterocycles. The van der Waals surface area contributed by atoms with Crippen molar-refractivity contribution >= 4 is 39.9 Å². The van der Waals surface area contributed by atoms with E-state index in [1.165, 1.54) is 16.2 Å². The summed E-state index contributed by atoms with van der Waals surface area (Å²) in [6, 6.07) is 7.32. The number of para-hydroxylation sites is 1. The van der Waals surface area contributed by atoms with Crippen molar-refractivity contribution in [2.45, 2.75) is 19.8 Å². The maximum Gasteiger partial charge on any atom is 0.240 e. The van der Waals surface area contributed by atoms with E-state index in [-0.39, 0.29) is 37.1 Å². The molecule has 0 saturated carbocycles. The molecular formula is C19H24N4O4S. The second kappa shape index (κ2) is 11.2. The molecule has 0 unspecified atom stereocenters. The SMILES string of the molecule is COCCNC(=O)CN(C(=O)CCC(=O)Nc1nccs1)c1ccccc1C. The lowest BCUT2D eigenvalue weighted by Gasteiger charge is -2.24. The lowest BCUT2D eigenvalue weighted by Crippen LogP contribution is -2.42. The Labute approximate surface area is 167 Å². The number of aryl methyl sites for hydroxylation is 1. The Morgan fingerprint density at radius 1 is 1.18 bits per heavy atom. The molecule has 0 aliphatic heterocycles. The third-order valence-corrected chi connectivity index (χ3v) is 4.57. The largest absolute Gasteiger partial charge is 0.383 e. The maximum atomic E-state index is 12.8. The van der Waals surface area contributed by atoms with Gasteiger partial charge in [-0.05, 0) is 18.6 Å². The summed E-state index contributed by atoms with van der Waals surface area (Å²) in [4.78, 5) is 42.4. The van der Waals surface area contributed by atoms with Crippen LogP contribution in [0.3, 0.4) is 0 Å². The Morgan fingerprint density at radius 2 is 1.96 bits per heavy atom. The predicted molar refractivity (Wildman–Crippen MR) is 108 cm³/mol. The average molecular weight is 404 g/mol. The van der Waals surface area contributed by atoms with Crippen molar-refractivity contribution in [3.8, 4) is 0 Å². The van der Waals surface area contributed by atoms with Crippen LogP contribution in [0.2, 0.25) is 0 Å². The van der Waals surface area contributed by atoms with Crippen LogP contribution in [0.5, 0.6) is 0 Å². The fraction of sp³-hybridized carbons (Fsp3) is 0.368. The molecule has 0 spiro atoms. The molecule has 8 nitrogen and oxygen atoms in total. The number of amides is 3. The summed E-state index contributed by atoms with van der Waals surface area (Å²) in [6.45, 7) is 2.50. The summed E-state index contributed by atoms with van der Waals surface area (Å²) in [7, 11) is 1.55. The summed E-state index contributed by atoms with van der Waals surface area (Å²) < 4.78 is 4.91. The Kier molecular flexibility index (Phi) is 8.57. The summed E-state index contributed by atoms with van der Waals surface area (Å²) in [5.41, 5.74) is 1.52. The number of nitrogens with zero attached hydrogens (tertiary/aromatic N) is 2. The molecule has 0 radical (unpaired) electrons. The number of hydrogen-bond donors (Lipinski definition) is 2. The number of anilines is 2. The number of carbonyl (C=O) groups is 3. The number of carbonyl (C=O) groups excluding carboxylic acids is 3. The molecular weight excluding hydrogens is 380 g/mol. The minimum atomic E-state index is -0.300. The zero-order valence-corrected chi connectivity index (χ0v) is 16.8. The van der Waals surface area contributed by atoms with Crippen LogP contribution in [0, 0.1) is 6.92 Å². The van der Waals surface area contributed by atoms with Crippen LogP contribution in [-0.4, -0.2) is 49.5 Å². The Morgan fingerprint density at radius 3 is 2.64 bits per heavy atom. The summed E-state index contributed by atoms with van der Waals surface area (Å²) in [6.07, 6.45) is 1.58. The molecule has 2 rings (SSSR count). The number of rotatable bonds is 10. The summed E-state index contributed by atoms with van der Waals surface area (Å²) in [5, 5.41) is 7.60. The standard InChI is InChI=1S/C19H24N4O4S/c1-14-5-3-4-6-15(14)23(13-17(25)20-9-11-27-2)18(26)8-7-16(24)22-19-21-10-12-28-19/h3-6,10,12H,7-9,11,13H2,1-2H3,(H,20,25)(H,21,22,24). The molecule has 150 valence electrons. The van der Waals surface area contributed by atoms with E-state index in [0.29, 0.717) is 24.0 Å². The van der Waals surface area contributed by atoms with E-state index in [1.54, 1.807) is 30.8 Å².